The van der Waals surface area contributed by atoms with Gasteiger partial charge in [0.05, 0.1) is 39.0 Å². The molecule has 2 saturated heterocycles. The third-order valence-corrected chi connectivity index (χ3v) is 8.75. The minimum absolute atomic E-state index is 0.0290. The number of fused-ring (bicyclic) bond motifs is 6. The Labute approximate surface area is 248 Å². The SMILES string of the molecule is O=C1[C@@H]2[C@H](C(=O)N1c1cccc([N+](=O)[O-])c1)c1ccccc1[C@@]1(c3ccccc3)C(=O)N(c3cccc([N+](=O)[O-])c3)C(=O)[C@@H]21. The van der Waals surface area contributed by atoms with E-state index in [1.54, 1.807) is 54.6 Å². The van der Waals surface area contributed by atoms with Gasteiger partial charge in [0, 0.05) is 24.3 Å². The van der Waals surface area contributed by atoms with E-state index >= 15 is 0 Å². The lowest BCUT2D eigenvalue weighted by atomic mass is 9.55. The molecule has 4 atom stereocenters. The Kier molecular flexibility index (Phi) is 5.79. The molecular weight excluding hydrogens is 568 g/mol. The zero-order valence-corrected chi connectivity index (χ0v) is 22.6. The minimum atomic E-state index is -1.75. The predicted octanol–water partition coefficient (Wildman–Crippen LogP) is 4.27. The minimum Gasteiger partial charge on any atom is -0.274 e. The van der Waals surface area contributed by atoms with Crippen LogP contribution in [0.15, 0.2) is 103 Å². The van der Waals surface area contributed by atoms with Gasteiger partial charge in [-0.3, -0.25) is 39.4 Å². The molecule has 0 spiro atoms. The summed E-state index contributed by atoms with van der Waals surface area (Å²) in [4.78, 5) is 81.4. The molecule has 0 bridgehead atoms. The van der Waals surface area contributed by atoms with Gasteiger partial charge in [-0.2, -0.15) is 0 Å². The van der Waals surface area contributed by atoms with Gasteiger partial charge >= 0.3 is 0 Å². The number of hydrogen-bond donors (Lipinski definition) is 0. The molecule has 0 radical (unpaired) electrons. The van der Waals surface area contributed by atoms with Crippen molar-refractivity contribution in [3.05, 3.63) is 140 Å². The van der Waals surface area contributed by atoms with Gasteiger partial charge in [-0.1, -0.05) is 66.7 Å². The second kappa shape index (κ2) is 9.49. The van der Waals surface area contributed by atoms with Crippen LogP contribution in [0.2, 0.25) is 0 Å². The molecule has 0 saturated carbocycles. The van der Waals surface area contributed by atoms with Crippen molar-refractivity contribution in [3.63, 3.8) is 0 Å². The molecule has 4 aromatic carbocycles. The monoisotopic (exact) mass is 588 g/mol. The van der Waals surface area contributed by atoms with Crippen LogP contribution >= 0.6 is 0 Å². The van der Waals surface area contributed by atoms with Crippen LogP contribution in [0.4, 0.5) is 22.7 Å². The van der Waals surface area contributed by atoms with Gasteiger partial charge in [-0.15, -0.1) is 0 Å². The molecule has 2 fully saturated rings. The van der Waals surface area contributed by atoms with Crippen molar-refractivity contribution >= 4 is 46.4 Å². The smallest absolute Gasteiger partial charge is 0.271 e. The summed E-state index contributed by atoms with van der Waals surface area (Å²) in [6.45, 7) is 0. The Morgan fingerprint density at radius 3 is 1.80 bits per heavy atom. The fourth-order valence-corrected chi connectivity index (χ4v) is 7.07. The van der Waals surface area contributed by atoms with Gasteiger partial charge in [0.1, 0.15) is 5.41 Å². The van der Waals surface area contributed by atoms with E-state index in [2.05, 4.69) is 0 Å². The number of nitro groups is 2. The molecule has 0 N–H and O–H groups in total. The summed E-state index contributed by atoms with van der Waals surface area (Å²) in [5.41, 5.74) is -1.34. The van der Waals surface area contributed by atoms with E-state index in [1.165, 1.54) is 36.4 Å². The average molecular weight is 589 g/mol. The number of amides is 4. The second-order valence-electron chi connectivity index (χ2n) is 10.8. The molecule has 0 unspecified atom stereocenters. The van der Waals surface area contributed by atoms with Crippen LogP contribution in [-0.2, 0) is 24.6 Å². The predicted molar refractivity (Wildman–Crippen MR) is 155 cm³/mol. The standard InChI is InChI=1S/C32H20N4O8/c37-28-25-23-14-4-5-15-24(23)32(18-8-2-1-3-9-18)27(26(25)29(38)33(28)19-10-6-12-21(16-19)35(41)42)30(39)34(31(32)40)20-11-7-13-22(17-20)36(43)44/h1-17,25-27H/t25-,26-,27-,32-/m1/s1. The van der Waals surface area contributed by atoms with Crippen molar-refractivity contribution < 1.29 is 29.0 Å². The van der Waals surface area contributed by atoms with E-state index in [-0.39, 0.29) is 22.7 Å². The van der Waals surface area contributed by atoms with Crippen molar-refractivity contribution in [1.82, 2.24) is 0 Å². The van der Waals surface area contributed by atoms with Gasteiger partial charge < -0.3 is 0 Å². The summed E-state index contributed by atoms with van der Waals surface area (Å²) in [6, 6.07) is 25.3. The van der Waals surface area contributed by atoms with Gasteiger partial charge in [-0.25, -0.2) is 9.80 Å². The Balaban J connectivity index is 1.50. The maximum Gasteiger partial charge on any atom is 0.271 e. The lowest BCUT2D eigenvalue weighted by Crippen LogP contribution is -2.50. The van der Waals surface area contributed by atoms with Crippen molar-refractivity contribution in [2.75, 3.05) is 9.80 Å². The van der Waals surface area contributed by atoms with E-state index in [0.29, 0.717) is 16.7 Å². The first kappa shape index (κ1) is 26.8. The van der Waals surface area contributed by atoms with Gasteiger partial charge in [0.2, 0.25) is 23.6 Å². The van der Waals surface area contributed by atoms with Crippen LogP contribution in [0, 0.1) is 32.1 Å². The zero-order valence-electron chi connectivity index (χ0n) is 22.6. The summed E-state index contributed by atoms with van der Waals surface area (Å²) in [5.74, 6) is -6.87. The highest BCUT2D eigenvalue weighted by molar-refractivity contribution is 6.32. The fourth-order valence-electron chi connectivity index (χ4n) is 7.07. The molecule has 7 rings (SSSR count). The van der Waals surface area contributed by atoms with E-state index < -0.39 is 56.6 Å². The topological polar surface area (TPSA) is 161 Å². The molecular formula is C32H20N4O8. The molecule has 4 amide bonds. The van der Waals surface area contributed by atoms with Gasteiger partial charge in [-0.05, 0) is 28.8 Å². The number of carbonyl (C=O) groups excluding carboxylic acids is 4. The summed E-state index contributed by atoms with van der Waals surface area (Å²) in [7, 11) is 0. The maximum atomic E-state index is 14.8. The van der Waals surface area contributed by atoms with Gasteiger partial charge in [0.15, 0.2) is 0 Å². The molecule has 216 valence electrons. The normalized spacial score (nSPS) is 23.8. The van der Waals surface area contributed by atoms with Crippen molar-refractivity contribution in [1.29, 1.82) is 0 Å². The Morgan fingerprint density at radius 1 is 0.614 bits per heavy atom. The lowest BCUT2D eigenvalue weighted by Gasteiger charge is -2.42. The fraction of sp³-hybridized carbons (Fsp3) is 0.125. The third-order valence-electron chi connectivity index (χ3n) is 8.75. The molecule has 4 aromatic rings. The molecule has 12 heteroatoms. The summed E-state index contributed by atoms with van der Waals surface area (Å²) in [6.07, 6.45) is 0. The van der Waals surface area contributed by atoms with E-state index in [1.807, 2.05) is 0 Å². The number of nitro benzene ring substituents is 2. The number of hydrogen-bond acceptors (Lipinski definition) is 8. The lowest BCUT2D eigenvalue weighted by molar-refractivity contribution is -0.385. The van der Waals surface area contributed by atoms with Crippen molar-refractivity contribution in [3.8, 4) is 0 Å². The number of rotatable bonds is 5. The summed E-state index contributed by atoms with van der Waals surface area (Å²) in [5, 5.41) is 23.1. The Bertz CT molecular complexity index is 1960. The number of anilines is 2. The van der Waals surface area contributed by atoms with Crippen LogP contribution in [-0.4, -0.2) is 33.5 Å². The summed E-state index contributed by atoms with van der Waals surface area (Å²) >= 11 is 0. The molecule has 3 aliphatic rings. The molecule has 2 heterocycles. The highest BCUT2D eigenvalue weighted by Crippen LogP contribution is 2.61. The third kappa shape index (κ3) is 3.44. The number of carbonyl (C=O) groups is 4. The van der Waals surface area contributed by atoms with E-state index in [4.69, 9.17) is 0 Å². The van der Waals surface area contributed by atoms with E-state index in [9.17, 15) is 39.4 Å². The molecule has 0 aromatic heterocycles. The van der Waals surface area contributed by atoms with E-state index in [0.717, 1.165) is 21.9 Å². The second-order valence-corrected chi connectivity index (χ2v) is 10.8. The van der Waals surface area contributed by atoms with Crippen LogP contribution in [0.5, 0.6) is 0 Å². The molecule has 2 aliphatic heterocycles. The van der Waals surface area contributed by atoms with Crippen molar-refractivity contribution in [2.45, 2.75) is 11.3 Å². The highest BCUT2D eigenvalue weighted by Gasteiger charge is 2.72. The van der Waals surface area contributed by atoms with Crippen LogP contribution < -0.4 is 9.80 Å². The van der Waals surface area contributed by atoms with Crippen LogP contribution in [0.3, 0.4) is 0 Å². The number of nitrogens with zero attached hydrogens (tertiary/aromatic N) is 4. The first-order chi connectivity index (χ1) is 21.2. The summed E-state index contributed by atoms with van der Waals surface area (Å²) < 4.78 is 0. The Hall–Kier alpha value is -6.04. The molecule has 44 heavy (non-hydrogen) atoms. The number of benzene rings is 4. The highest BCUT2D eigenvalue weighted by atomic mass is 16.6. The average Bonchev–Trinajstić information content (AvgIpc) is 3.43. The van der Waals surface area contributed by atoms with Crippen molar-refractivity contribution in [2.24, 2.45) is 11.8 Å². The zero-order chi connectivity index (χ0) is 30.9. The van der Waals surface area contributed by atoms with Crippen LogP contribution in [0.25, 0.3) is 0 Å². The quantitative estimate of drug-likeness (QED) is 0.190. The first-order valence-corrected chi connectivity index (χ1v) is 13.6. The largest absolute Gasteiger partial charge is 0.274 e. The van der Waals surface area contributed by atoms with Gasteiger partial charge in [0.25, 0.3) is 11.4 Å². The first-order valence-electron chi connectivity index (χ1n) is 13.6. The van der Waals surface area contributed by atoms with Crippen LogP contribution in [0.1, 0.15) is 22.6 Å². The Morgan fingerprint density at radius 2 is 1.18 bits per heavy atom. The number of non-ortho nitro benzene ring substituents is 2. The molecule has 12 nitrogen and oxygen atoms in total. The number of imide groups is 2. The molecule has 1 aliphatic carbocycles. The maximum absolute atomic E-state index is 14.8.